The summed E-state index contributed by atoms with van der Waals surface area (Å²) in [6, 6.07) is 162. The number of para-hydroxylation sites is 5. The first-order valence-electron chi connectivity index (χ1n) is 46.9. The van der Waals surface area contributed by atoms with Crippen LogP contribution in [-0.4, -0.2) is 39.9 Å². The fraction of sp³-hybridized carbons (Fsp3) is 0. The summed E-state index contributed by atoms with van der Waals surface area (Å²) in [6.07, 6.45) is 0. The molecule has 8 aromatic heterocycles. The molecule has 652 valence electrons. The van der Waals surface area contributed by atoms with Crippen LogP contribution in [0.25, 0.3) is 281 Å². The third-order valence-electron chi connectivity index (χ3n) is 26.9. The van der Waals surface area contributed by atoms with E-state index in [9.17, 15) is 0 Å². The van der Waals surface area contributed by atoms with Crippen molar-refractivity contribution < 1.29 is 4.42 Å². The molecule has 12 heteroatoms. The second-order valence-electron chi connectivity index (χ2n) is 35.5. The highest BCUT2D eigenvalue weighted by Gasteiger charge is 2.23. The predicted molar refractivity (Wildman–Crippen MR) is 593 cm³/mol. The molecule has 0 fully saturated rings. The fourth-order valence-electron chi connectivity index (χ4n) is 20.0. The van der Waals surface area contributed by atoms with Crippen LogP contribution < -0.4 is 0 Å². The fourth-order valence-corrected chi connectivity index (χ4v) is 23.4. The lowest BCUT2D eigenvalue weighted by atomic mass is 9.99. The number of fused-ring (bicyclic) bond motifs is 24. The van der Waals surface area contributed by atoms with E-state index < -0.39 is 0 Å². The van der Waals surface area contributed by atoms with Crippen molar-refractivity contribution in [3.05, 3.63) is 461 Å². The zero-order valence-electron chi connectivity index (χ0n) is 75.1. The van der Waals surface area contributed by atoms with Crippen LogP contribution in [0.5, 0.6) is 0 Å². The van der Waals surface area contributed by atoms with Gasteiger partial charge in [0.1, 0.15) is 11.2 Å². The van der Waals surface area contributed by atoms with Gasteiger partial charge in [-0.25, -0.2) is 39.9 Å². The Labute approximate surface area is 814 Å². The standard InChI is InChI=1S/2C34H20N2S.C30H18N2O.C30H18N2S/c1-2-9-22(10-3-1)32-33(35-29-17-16-21-8-4-5-11-26(21)34(29)36-32)24-15-14-23-19-28-27-12-6-7-13-30(27)37-31(28)20-25(23)18-24;1-2-9-22(10-3-1)32-33(36-34-26-11-5-4-8-21(26)16-17-29(34)35-32)24-15-14-23-19-28-27-12-6-7-13-30(27)37-31(28)20-25(23)18-24;2*1-2-8-19(9-3-1)29-30(32-26-12-6-5-11-25(26)31-29)21-15-14-20-17-24-23-10-4-7-13-27(23)33-28(24)18-22(20)16-21/h2*1-20H;2*1-18H. The van der Waals surface area contributed by atoms with Gasteiger partial charge >= 0.3 is 0 Å². The third-order valence-corrected chi connectivity index (χ3v) is 30.3. The van der Waals surface area contributed by atoms with Crippen molar-refractivity contribution in [2.45, 2.75) is 0 Å². The minimum Gasteiger partial charge on any atom is -0.456 e. The normalized spacial score (nSPS) is 11.7. The van der Waals surface area contributed by atoms with Gasteiger partial charge in [-0.05, 0) is 187 Å². The molecule has 0 bridgehead atoms. The van der Waals surface area contributed by atoms with Gasteiger partial charge < -0.3 is 4.42 Å². The Hall–Kier alpha value is -17.8. The van der Waals surface area contributed by atoms with Gasteiger partial charge in [-0.1, -0.05) is 328 Å². The Morgan fingerprint density at radius 1 is 0.136 bits per heavy atom. The SMILES string of the molecule is c1ccc(-c2nc3c(ccc4ccccc43)nc2-c2ccc3cc4c(cc3c2)sc2ccccc24)cc1.c1ccc(-c2nc3ccc4ccccc4c3nc2-c2ccc3cc4c(cc3c2)sc2ccccc24)cc1.c1ccc(-c2nc3ccccc3nc2-c2ccc3cc4c(cc3c2)oc2ccccc24)cc1.c1ccc(-c2nc3ccccc3nc2-c2ccc3cc4c(cc3c2)sc2ccccc24)cc1. The number of hydrogen-bond acceptors (Lipinski definition) is 12. The average molecular weight is 1840 g/mol. The van der Waals surface area contributed by atoms with Crippen LogP contribution in [0.2, 0.25) is 0 Å². The number of benzene rings is 22. The van der Waals surface area contributed by atoms with Gasteiger partial charge in [0, 0.05) is 127 Å². The zero-order chi connectivity index (χ0) is 92.2. The molecule has 9 nitrogen and oxygen atoms in total. The topological polar surface area (TPSA) is 116 Å². The molecule has 0 amide bonds. The highest BCUT2D eigenvalue weighted by molar-refractivity contribution is 7.26. The molecule has 0 spiro atoms. The Morgan fingerprint density at radius 3 is 0.764 bits per heavy atom. The number of aromatic nitrogens is 8. The maximum atomic E-state index is 6.13. The van der Waals surface area contributed by atoms with Crippen LogP contribution in [0.3, 0.4) is 0 Å². The van der Waals surface area contributed by atoms with Crippen LogP contribution >= 0.6 is 34.0 Å². The lowest BCUT2D eigenvalue weighted by Gasteiger charge is -2.13. The second-order valence-corrected chi connectivity index (χ2v) is 38.7. The molecule has 0 aliphatic carbocycles. The van der Waals surface area contributed by atoms with Crippen molar-refractivity contribution in [2.24, 2.45) is 0 Å². The molecule has 0 atom stereocenters. The minimum absolute atomic E-state index is 0.881. The maximum Gasteiger partial charge on any atom is 0.136 e. The largest absolute Gasteiger partial charge is 0.456 e. The monoisotopic (exact) mass is 1840 g/mol. The van der Waals surface area contributed by atoms with Crippen molar-refractivity contribution >= 4 is 225 Å². The molecule has 0 unspecified atom stereocenters. The molecule has 0 N–H and O–H groups in total. The molecule has 0 aliphatic heterocycles. The van der Waals surface area contributed by atoms with E-state index in [-0.39, 0.29) is 0 Å². The highest BCUT2D eigenvalue weighted by atomic mass is 32.1. The minimum atomic E-state index is 0.881. The number of rotatable bonds is 8. The summed E-state index contributed by atoms with van der Waals surface area (Å²) in [5.41, 5.74) is 24.9. The van der Waals surface area contributed by atoms with Crippen molar-refractivity contribution in [1.29, 1.82) is 0 Å². The molecule has 22 aromatic carbocycles. The van der Waals surface area contributed by atoms with Crippen LogP contribution in [0.4, 0.5) is 0 Å². The Kier molecular flexibility index (Phi) is 20.0. The van der Waals surface area contributed by atoms with Crippen LogP contribution in [0.1, 0.15) is 0 Å². The van der Waals surface area contributed by atoms with Crippen molar-refractivity contribution in [3.8, 4) is 90.1 Å². The lowest BCUT2D eigenvalue weighted by Crippen LogP contribution is -1.96. The predicted octanol–water partition coefficient (Wildman–Crippen LogP) is 35.8. The van der Waals surface area contributed by atoms with Gasteiger partial charge in [0.25, 0.3) is 0 Å². The van der Waals surface area contributed by atoms with Crippen molar-refractivity contribution in [3.63, 3.8) is 0 Å². The smallest absolute Gasteiger partial charge is 0.136 e. The third kappa shape index (κ3) is 14.8. The molecule has 0 radical (unpaired) electrons. The summed E-state index contributed by atoms with van der Waals surface area (Å²) in [7, 11) is 0. The quantitative estimate of drug-likeness (QED) is 0.137. The first kappa shape index (κ1) is 81.7. The van der Waals surface area contributed by atoms with E-state index in [1.807, 2.05) is 137 Å². The van der Waals surface area contributed by atoms with Gasteiger partial charge in [-0.3, -0.25) is 0 Å². The summed E-state index contributed by atoms with van der Waals surface area (Å²) >= 11 is 5.56. The number of nitrogens with zero attached hydrogens (tertiary/aromatic N) is 8. The maximum absolute atomic E-state index is 6.13. The average Bonchev–Trinajstić information content (AvgIpc) is 1.49. The van der Waals surface area contributed by atoms with E-state index >= 15 is 0 Å². The molecule has 0 saturated heterocycles. The molecule has 30 aromatic rings. The van der Waals surface area contributed by atoms with Crippen molar-refractivity contribution in [1.82, 2.24) is 39.9 Å². The first-order chi connectivity index (χ1) is 69.3. The summed E-state index contributed by atoms with van der Waals surface area (Å²) in [5, 5.41) is 24.5. The van der Waals surface area contributed by atoms with Crippen LogP contribution in [-0.2, 0) is 0 Å². The Bertz CT molecular complexity index is 9980. The van der Waals surface area contributed by atoms with E-state index in [1.165, 1.54) is 109 Å². The first-order valence-corrected chi connectivity index (χ1v) is 49.3. The van der Waals surface area contributed by atoms with Crippen LogP contribution in [0, 0.1) is 0 Å². The van der Waals surface area contributed by atoms with Gasteiger partial charge in [0.05, 0.1) is 89.7 Å². The summed E-state index contributed by atoms with van der Waals surface area (Å²) in [6.45, 7) is 0. The summed E-state index contributed by atoms with van der Waals surface area (Å²) in [5.74, 6) is 0. The highest BCUT2D eigenvalue weighted by Crippen LogP contribution is 2.46. The molecule has 30 rings (SSSR count). The van der Waals surface area contributed by atoms with E-state index in [4.69, 9.17) is 44.3 Å². The van der Waals surface area contributed by atoms with E-state index in [0.717, 1.165) is 172 Å². The molecule has 0 aliphatic rings. The molecule has 0 saturated carbocycles. The molecule has 8 heterocycles. The zero-order valence-corrected chi connectivity index (χ0v) is 77.5. The van der Waals surface area contributed by atoms with E-state index in [2.05, 4.69) is 358 Å². The lowest BCUT2D eigenvalue weighted by molar-refractivity contribution is 0.669. The van der Waals surface area contributed by atoms with Gasteiger partial charge in [0.15, 0.2) is 0 Å². The van der Waals surface area contributed by atoms with E-state index in [1.54, 1.807) is 0 Å². The van der Waals surface area contributed by atoms with Crippen LogP contribution in [0.15, 0.2) is 465 Å². The van der Waals surface area contributed by atoms with Crippen molar-refractivity contribution in [2.75, 3.05) is 0 Å². The summed E-state index contributed by atoms with van der Waals surface area (Å²) in [4.78, 5) is 41.1. The molecule has 140 heavy (non-hydrogen) atoms. The Morgan fingerprint density at radius 2 is 0.400 bits per heavy atom. The molecular formula is C128H76N8OS3. The summed E-state index contributed by atoms with van der Waals surface area (Å²) < 4.78 is 14.0. The number of hydrogen-bond donors (Lipinski definition) is 0. The number of furan rings is 1. The van der Waals surface area contributed by atoms with E-state index in [0.29, 0.717) is 0 Å². The molecular weight excluding hydrogens is 1760 g/mol. The number of thiophene rings is 3. The van der Waals surface area contributed by atoms with Gasteiger partial charge in [-0.15, -0.1) is 34.0 Å². The Balaban J connectivity index is 0.0000000939. The van der Waals surface area contributed by atoms with Gasteiger partial charge in [-0.2, -0.15) is 0 Å². The van der Waals surface area contributed by atoms with Gasteiger partial charge in [0.2, 0.25) is 0 Å². The second kappa shape index (κ2) is 34.2.